The van der Waals surface area contributed by atoms with Gasteiger partial charge < -0.3 is 15.4 Å². The lowest BCUT2D eigenvalue weighted by molar-refractivity contribution is 0.216. The van der Waals surface area contributed by atoms with E-state index in [9.17, 15) is 4.39 Å². The summed E-state index contributed by atoms with van der Waals surface area (Å²) in [4.78, 5) is 6.14. The summed E-state index contributed by atoms with van der Waals surface area (Å²) in [5, 5.41) is 0. The number of nitrogens with two attached hydrogens (primary N) is 1. The molecule has 96 valence electrons. The number of ether oxygens (including phenoxy) is 1. The summed E-state index contributed by atoms with van der Waals surface area (Å²) >= 11 is 0. The molecule has 0 aromatic carbocycles. The van der Waals surface area contributed by atoms with Crippen molar-refractivity contribution in [1.29, 1.82) is 0 Å². The largest absolute Gasteiger partial charge is 0.476 e. The second-order valence-corrected chi connectivity index (χ2v) is 3.70. The quantitative estimate of drug-likeness (QED) is 0.784. The molecule has 2 N–H and O–H groups in total. The Bertz CT molecular complexity index is 343. The third-order valence-electron chi connectivity index (χ3n) is 2.65. The van der Waals surface area contributed by atoms with Crippen LogP contribution in [-0.2, 0) is 6.54 Å². The molecule has 1 rings (SSSR count). The number of pyridine rings is 1. The Kier molecular flexibility index (Phi) is 5.86. The molecular weight excluding hydrogens is 221 g/mol. The fraction of sp³-hybridized carbons (Fsp3) is 0.583. The normalized spacial score (nSPS) is 10.9. The average molecular weight is 241 g/mol. The number of aromatic nitrogens is 1. The second-order valence-electron chi connectivity index (χ2n) is 3.70. The molecule has 0 aliphatic carbocycles. The fourth-order valence-electron chi connectivity index (χ4n) is 1.56. The van der Waals surface area contributed by atoms with Gasteiger partial charge in [-0.1, -0.05) is 13.8 Å². The molecule has 0 fully saturated rings. The van der Waals surface area contributed by atoms with Crippen molar-refractivity contribution in [1.82, 2.24) is 9.88 Å². The van der Waals surface area contributed by atoms with Crippen LogP contribution in [0.2, 0.25) is 0 Å². The smallest absolute Gasteiger partial charge is 0.218 e. The Hall–Kier alpha value is -1.20. The first kappa shape index (κ1) is 13.9. The van der Waals surface area contributed by atoms with E-state index in [-0.39, 0.29) is 12.4 Å². The van der Waals surface area contributed by atoms with E-state index in [1.165, 1.54) is 6.07 Å². The monoisotopic (exact) mass is 241 g/mol. The molecule has 4 nitrogen and oxygen atoms in total. The van der Waals surface area contributed by atoms with Crippen LogP contribution in [0.15, 0.2) is 12.3 Å². The molecule has 0 saturated heterocycles. The topological polar surface area (TPSA) is 51.4 Å². The predicted molar refractivity (Wildman–Crippen MR) is 65.4 cm³/mol. The predicted octanol–water partition coefficient (Wildman–Crippen LogP) is 1.40. The first-order valence-electron chi connectivity index (χ1n) is 5.90. The molecule has 1 aromatic rings. The van der Waals surface area contributed by atoms with E-state index in [4.69, 9.17) is 10.5 Å². The first-order chi connectivity index (χ1) is 8.21. The molecule has 0 atom stereocenters. The summed E-state index contributed by atoms with van der Waals surface area (Å²) in [6.07, 6.45) is 1.14. The molecule has 0 bridgehead atoms. The van der Waals surface area contributed by atoms with E-state index < -0.39 is 0 Å². The summed E-state index contributed by atoms with van der Waals surface area (Å²) < 4.78 is 18.4. The maximum Gasteiger partial charge on any atom is 0.218 e. The average Bonchev–Trinajstić information content (AvgIpc) is 2.36. The van der Waals surface area contributed by atoms with Crippen molar-refractivity contribution in [2.24, 2.45) is 5.73 Å². The van der Waals surface area contributed by atoms with E-state index in [0.29, 0.717) is 18.1 Å². The number of hydrogen-bond donors (Lipinski definition) is 1. The highest BCUT2D eigenvalue weighted by molar-refractivity contribution is 5.25. The van der Waals surface area contributed by atoms with Crippen molar-refractivity contribution in [3.8, 4) is 5.88 Å². The summed E-state index contributed by atoms with van der Waals surface area (Å²) in [5.41, 5.74) is 6.11. The number of rotatable bonds is 7. The zero-order valence-corrected chi connectivity index (χ0v) is 10.4. The van der Waals surface area contributed by atoms with Gasteiger partial charge in [-0.05, 0) is 19.2 Å². The number of hydrogen-bond acceptors (Lipinski definition) is 4. The first-order valence-corrected chi connectivity index (χ1v) is 5.90. The molecule has 0 unspecified atom stereocenters. The number of halogens is 1. The van der Waals surface area contributed by atoms with E-state index in [1.54, 1.807) is 0 Å². The molecule has 1 heterocycles. The van der Waals surface area contributed by atoms with Crippen LogP contribution in [0.5, 0.6) is 5.88 Å². The van der Waals surface area contributed by atoms with Crippen molar-refractivity contribution in [3.63, 3.8) is 0 Å². The van der Waals surface area contributed by atoms with Gasteiger partial charge >= 0.3 is 0 Å². The van der Waals surface area contributed by atoms with Crippen LogP contribution in [0.25, 0.3) is 0 Å². The van der Waals surface area contributed by atoms with Gasteiger partial charge in [0.1, 0.15) is 12.4 Å². The molecule has 0 radical (unpaired) electrons. The Labute approximate surface area is 102 Å². The lowest BCUT2D eigenvalue weighted by Gasteiger charge is -2.18. The standard InChI is InChI=1S/C12H20FN3O/c1-3-16(4-2)5-6-17-12-10(8-14)7-11(13)9-15-12/h7,9H,3-6,8,14H2,1-2H3. The van der Waals surface area contributed by atoms with Crippen LogP contribution < -0.4 is 10.5 Å². The van der Waals surface area contributed by atoms with Gasteiger partial charge in [0.2, 0.25) is 5.88 Å². The highest BCUT2D eigenvalue weighted by Crippen LogP contribution is 2.15. The molecule has 0 amide bonds. The van der Waals surface area contributed by atoms with E-state index in [1.807, 2.05) is 0 Å². The molecule has 0 spiro atoms. The Morgan fingerprint density at radius 2 is 2.12 bits per heavy atom. The lowest BCUT2D eigenvalue weighted by atomic mass is 10.2. The molecule has 0 saturated carbocycles. The minimum absolute atomic E-state index is 0.228. The van der Waals surface area contributed by atoms with Crippen molar-refractivity contribution < 1.29 is 9.13 Å². The van der Waals surface area contributed by atoms with Gasteiger partial charge in [-0.15, -0.1) is 0 Å². The van der Waals surface area contributed by atoms with Gasteiger partial charge in [-0.3, -0.25) is 0 Å². The van der Waals surface area contributed by atoms with E-state index >= 15 is 0 Å². The minimum atomic E-state index is -0.387. The summed E-state index contributed by atoms with van der Waals surface area (Å²) in [5.74, 6) is 0.0441. The van der Waals surface area contributed by atoms with E-state index in [2.05, 4.69) is 23.7 Å². The van der Waals surface area contributed by atoms with Gasteiger partial charge in [0.25, 0.3) is 0 Å². The summed E-state index contributed by atoms with van der Waals surface area (Å²) in [6.45, 7) is 7.77. The number of nitrogens with zero attached hydrogens (tertiary/aromatic N) is 2. The molecule has 0 aliphatic rings. The summed E-state index contributed by atoms with van der Waals surface area (Å²) in [7, 11) is 0. The van der Waals surface area contributed by atoms with Crippen molar-refractivity contribution in [2.45, 2.75) is 20.4 Å². The molecular formula is C12H20FN3O. The lowest BCUT2D eigenvalue weighted by Crippen LogP contribution is -2.28. The minimum Gasteiger partial charge on any atom is -0.476 e. The van der Waals surface area contributed by atoms with Crippen LogP contribution in [0, 0.1) is 5.82 Å². The van der Waals surface area contributed by atoms with Crippen LogP contribution >= 0.6 is 0 Å². The highest BCUT2D eigenvalue weighted by atomic mass is 19.1. The van der Waals surface area contributed by atoms with Crippen molar-refractivity contribution in [2.75, 3.05) is 26.2 Å². The van der Waals surface area contributed by atoms with Crippen LogP contribution in [0.3, 0.4) is 0 Å². The van der Waals surface area contributed by atoms with Crippen LogP contribution in [0.1, 0.15) is 19.4 Å². The maximum absolute atomic E-state index is 12.9. The van der Waals surface area contributed by atoms with Gasteiger partial charge in [0.05, 0.1) is 6.20 Å². The van der Waals surface area contributed by atoms with Crippen LogP contribution in [0.4, 0.5) is 4.39 Å². The third kappa shape index (κ3) is 4.28. The zero-order chi connectivity index (χ0) is 12.7. The highest BCUT2D eigenvalue weighted by Gasteiger charge is 2.06. The van der Waals surface area contributed by atoms with E-state index in [0.717, 1.165) is 25.8 Å². The maximum atomic E-state index is 12.9. The zero-order valence-electron chi connectivity index (χ0n) is 10.4. The molecule has 0 aliphatic heterocycles. The number of likely N-dealkylation sites (N-methyl/N-ethyl adjacent to an activating group) is 1. The van der Waals surface area contributed by atoms with Crippen molar-refractivity contribution >= 4 is 0 Å². The van der Waals surface area contributed by atoms with Gasteiger partial charge in [-0.2, -0.15) is 0 Å². The molecule has 17 heavy (non-hydrogen) atoms. The van der Waals surface area contributed by atoms with Gasteiger partial charge in [0, 0.05) is 18.7 Å². The Balaban J connectivity index is 2.51. The Morgan fingerprint density at radius 3 is 2.71 bits per heavy atom. The van der Waals surface area contributed by atoms with Gasteiger partial charge in [0.15, 0.2) is 0 Å². The molecule has 1 aromatic heterocycles. The van der Waals surface area contributed by atoms with Crippen LogP contribution in [-0.4, -0.2) is 36.1 Å². The second kappa shape index (κ2) is 7.19. The Morgan fingerprint density at radius 1 is 1.41 bits per heavy atom. The SMILES string of the molecule is CCN(CC)CCOc1ncc(F)cc1CN. The summed E-state index contributed by atoms with van der Waals surface area (Å²) in [6, 6.07) is 1.36. The third-order valence-corrected chi connectivity index (χ3v) is 2.65. The van der Waals surface area contributed by atoms with Gasteiger partial charge in [-0.25, -0.2) is 9.37 Å². The van der Waals surface area contributed by atoms with Crippen molar-refractivity contribution in [3.05, 3.63) is 23.6 Å². The molecule has 5 heteroatoms. The fourth-order valence-corrected chi connectivity index (χ4v) is 1.56.